The largest absolute Gasteiger partial charge is 0.391 e. The molecule has 1 aliphatic heterocycles. The Morgan fingerprint density at radius 2 is 1.65 bits per heavy atom. The van der Waals surface area contributed by atoms with E-state index in [-0.39, 0.29) is 11.6 Å². The molecule has 1 rings (SSSR count). The number of hydrogen-bond donors (Lipinski definition) is 1. The minimum absolute atomic E-state index is 0.0598. The molecule has 0 bridgehead atoms. The van der Waals surface area contributed by atoms with E-state index >= 15 is 0 Å². The molecule has 2 heteroatoms. The first kappa shape index (κ1) is 15.0. The van der Waals surface area contributed by atoms with Crippen LogP contribution in [0.5, 0.6) is 0 Å². The van der Waals surface area contributed by atoms with Crippen LogP contribution in [0.3, 0.4) is 0 Å². The van der Waals surface area contributed by atoms with Crippen molar-refractivity contribution in [2.75, 3.05) is 13.1 Å². The van der Waals surface area contributed by atoms with Gasteiger partial charge in [-0.2, -0.15) is 0 Å². The van der Waals surface area contributed by atoms with Gasteiger partial charge in [-0.1, -0.05) is 40.0 Å². The van der Waals surface area contributed by atoms with Crippen molar-refractivity contribution in [1.29, 1.82) is 0 Å². The Kier molecular flexibility index (Phi) is 6.50. The molecule has 0 amide bonds. The zero-order valence-corrected chi connectivity index (χ0v) is 12.0. The third-order valence-electron chi connectivity index (χ3n) is 4.66. The predicted molar refractivity (Wildman–Crippen MR) is 74.3 cm³/mol. The lowest BCUT2D eigenvalue weighted by molar-refractivity contribution is -0.0326. The number of nitrogens with zero attached hydrogens (tertiary/aromatic N) is 1. The van der Waals surface area contributed by atoms with Crippen molar-refractivity contribution in [1.82, 2.24) is 4.90 Å². The van der Waals surface area contributed by atoms with Crippen LogP contribution in [-0.2, 0) is 0 Å². The van der Waals surface area contributed by atoms with Crippen molar-refractivity contribution >= 4 is 0 Å². The van der Waals surface area contributed by atoms with Crippen LogP contribution in [0.4, 0.5) is 0 Å². The van der Waals surface area contributed by atoms with Crippen molar-refractivity contribution in [2.24, 2.45) is 0 Å². The van der Waals surface area contributed by atoms with Crippen LogP contribution in [0.2, 0.25) is 0 Å². The van der Waals surface area contributed by atoms with Gasteiger partial charge in [0.05, 0.1) is 6.10 Å². The molecular weight excluding hydrogens is 210 g/mol. The van der Waals surface area contributed by atoms with Crippen LogP contribution in [0.25, 0.3) is 0 Å². The maximum Gasteiger partial charge on any atom is 0.0723 e. The molecule has 0 saturated carbocycles. The van der Waals surface area contributed by atoms with E-state index in [1.807, 2.05) is 0 Å². The van der Waals surface area contributed by atoms with Gasteiger partial charge in [-0.3, -0.25) is 4.90 Å². The molecule has 0 aromatic rings. The lowest BCUT2D eigenvalue weighted by atomic mass is 9.82. The molecule has 2 nitrogen and oxygen atoms in total. The highest BCUT2D eigenvalue weighted by Gasteiger charge is 2.40. The van der Waals surface area contributed by atoms with Gasteiger partial charge in [0, 0.05) is 5.54 Å². The van der Waals surface area contributed by atoms with Crippen molar-refractivity contribution in [3.63, 3.8) is 0 Å². The Labute approximate surface area is 107 Å². The number of unbranched alkanes of at least 4 members (excludes halogenated alkanes) is 2. The van der Waals surface area contributed by atoms with E-state index in [2.05, 4.69) is 25.7 Å². The van der Waals surface area contributed by atoms with E-state index in [1.165, 1.54) is 45.2 Å². The second-order valence-electron chi connectivity index (χ2n) is 5.52. The van der Waals surface area contributed by atoms with Gasteiger partial charge in [0.1, 0.15) is 0 Å². The molecule has 1 N–H and O–H groups in total. The van der Waals surface area contributed by atoms with Crippen LogP contribution in [0, 0.1) is 0 Å². The minimum atomic E-state index is -0.137. The fourth-order valence-electron chi connectivity index (χ4n) is 3.40. The average Bonchev–Trinajstić information content (AvgIpc) is 2.86. The van der Waals surface area contributed by atoms with E-state index < -0.39 is 0 Å². The van der Waals surface area contributed by atoms with E-state index in [1.54, 1.807) is 0 Å². The number of aliphatic hydroxyl groups excluding tert-OH is 1. The third kappa shape index (κ3) is 3.45. The zero-order valence-electron chi connectivity index (χ0n) is 12.0. The molecule has 0 radical (unpaired) electrons. The number of rotatable bonds is 8. The zero-order chi connectivity index (χ0) is 12.7. The summed E-state index contributed by atoms with van der Waals surface area (Å²) < 4.78 is 0. The Morgan fingerprint density at radius 1 is 1.06 bits per heavy atom. The summed E-state index contributed by atoms with van der Waals surface area (Å²) in [6.07, 6.45) is 9.28. The second kappa shape index (κ2) is 7.38. The standard InChI is InChI=1S/C15H31NO/c1-4-7-8-11-14(17)15(5-2,6-3)16-12-9-10-13-16/h14,17H,4-13H2,1-3H3. The summed E-state index contributed by atoms with van der Waals surface area (Å²) >= 11 is 0. The Hall–Kier alpha value is -0.0800. The molecule has 1 atom stereocenters. The summed E-state index contributed by atoms with van der Waals surface area (Å²) in [6.45, 7) is 9.08. The van der Waals surface area contributed by atoms with Crippen molar-refractivity contribution in [2.45, 2.75) is 83.8 Å². The van der Waals surface area contributed by atoms with Crippen molar-refractivity contribution in [3.05, 3.63) is 0 Å². The summed E-state index contributed by atoms with van der Waals surface area (Å²) in [4.78, 5) is 2.56. The van der Waals surface area contributed by atoms with Crippen LogP contribution in [0.15, 0.2) is 0 Å². The van der Waals surface area contributed by atoms with E-state index in [4.69, 9.17) is 0 Å². The van der Waals surface area contributed by atoms with E-state index in [9.17, 15) is 5.11 Å². The fraction of sp³-hybridized carbons (Fsp3) is 1.00. The molecule has 1 heterocycles. The fourth-order valence-corrected chi connectivity index (χ4v) is 3.40. The molecule has 0 spiro atoms. The lowest BCUT2D eigenvalue weighted by Crippen LogP contribution is -2.55. The Morgan fingerprint density at radius 3 is 2.12 bits per heavy atom. The average molecular weight is 241 g/mol. The quantitative estimate of drug-likeness (QED) is 0.657. The molecule has 0 aromatic heterocycles. The Balaban J connectivity index is 2.61. The molecule has 0 aromatic carbocycles. The van der Waals surface area contributed by atoms with Crippen molar-refractivity contribution < 1.29 is 5.11 Å². The highest BCUT2D eigenvalue weighted by molar-refractivity contribution is 4.96. The van der Waals surface area contributed by atoms with Crippen molar-refractivity contribution in [3.8, 4) is 0 Å². The predicted octanol–water partition coefficient (Wildman–Crippen LogP) is 3.58. The van der Waals surface area contributed by atoms with Crippen LogP contribution >= 0.6 is 0 Å². The molecule has 1 aliphatic rings. The third-order valence-corrected chi connectivity index (χ3v) is 4.66. The molecule has 0 aliphatic carbocycles. The summed E-state index contributed by atoms with van der Waals surface area (Å²) in [7, 11) is 0. The first-order valence-electron chi connectivity index (χ1n) is 7.64. The first-order chi connectivity index (χ1) is 8.21. The van der Waals surface area contributed by atoms with Gasteiger partial charge < -0.3 is 5.11 Å². The summed E-state index contributed by atoms with van der Waals surface area (Å²) in [5.41, 5.74) is 0.0598. The summed E-state index contributed by atoms with van der Waals surface area (Å²) in [5.74, 6) is 0. The number of hydrogen-bond acceptors (Lipinski definition) is 2. The molecule has 1 fully saturated rings. The van der Waals surface area contributed by atoms with Gasteiger partial charge in [0.15, 0.2) is 0 Å². The lowest BCUT2D eigenvalue weighted by Gasteiger charge is -2.44. The molecule has 1 saturated heterocycles. The molecule has 102 valence electrons. The molecule has 17 heavy (non-hydrogen) atoms. The van der Waals surface area contributed by atoms with E-state index in [0.29, 0.717) is 0 Å². The number of aliphatic hydroxyl groups is 1. The van der Waals surface area contributed by atoms with Gasteiger partial charge in [0.25, 0.3) is 0 Å². The van der Waals surface area contributed by atoms with Gasteiger partial charge in [0.2, 0.25) is 0 Å². The van der Waals surface area contributed by atoms with Crippen LogP contribution < -0.4 is 0 Å². The second-order valence-corrected chi connectivity index (χ2v) is 5.52. The Bertz CT molecular complexity index is 195. The SMILES string of the molecule is CCCCCC(O)C(CC)(CC)N1CCCC1. The van der Waals surface area contributed by atoms with Gasteiger partial charge in [-0.25, -0.2) is 0 Å². The topological polar surface area (TPSA) is 23.5 Å². The summed E-state index contributed by atoms with van der Waals surface area (Å²) in [6, 6.07) is 0. The van der Waals surface area contributed by atoms with Gasteiger partial charge >= 0.3 is 0 Å². The van der Waals surface area contributed by atoms with E-state index in [0.717, 1.165) is 19.3 Å². The van der Waals surface area contributed by atoms with Gasteiger partial charge in [-0.15, -0.1) is 0 Å². The monoisotopic (exact) mass is 241 g/mol. The molecular formula is C15H31NO. The number of likely N-dealkylation sites (tertiary alicyclic amines) is 1. The maximum atomic E-state index is 10.6. The maximum absolute atomic E-state index is 10.6. The smallest absolute Gasteiger partial charge is 0.0723 e. The van der Waals surface area contributed by atoms with Gasteiger partial charge in [-0.05, 0) is 45.2 Å². The van der Waals surface area contributed by atoms with Crippen LogP contribution in [0.1, 0.15) is 72.1 Å². The highest BCUT2D eigenvalue weighted by atomic mass is 16.3. The van der Waals surface area contributed by atoms with Crippen LogP contribution in [-0.4, -0.2) is 34.7 Å². The normalized spacial score (nSPS) is 19.8. The molecule has 1 unspecified atom stereocenters. The highest BCUT2D eigenvalue weighted by Crippen LogP contribution is 2.33. The summed E-state index contributed by atoms with van der Waals surface area (Å²) in [5, 5.41) is 10.6. The first-order valence-corrected chi connectivity index (χ1v) is 7.64. The minimum Gasteiger partial charge on any atom is -0.391 e.